The number of rotatable bonds is 6. The Morgan fingerprint density at radius 1 is 1.13 bits per heavy atom. The van der Waals surface area contributed by atoms with Crippen molar-refractivity contribution < 1.29 is 9.59 Å². The number of nitrogens with one attached hydrogen (secondary N) is 2. The molecule has 160 valence electrons. The SMILES string of the molecule is CC(C)(C)c1ccc(C2(C(=O)Nc3cnn(CC(=O)NC4CCCC4)c3)CC2)cc1. The molecule has 0 unspecified atom stereocenters. The molecule has 0 atom stereocenters. The van der Waals surface area contributed by atoms with E-state index in [1.54, 1.807) is 17.1 Å². The van der Waals surface area contributed by atoms with Crippen LogP contribution >= 0.6 is 0 Å². The molecule has 2 aliphatic carbocycles. The van der Waals surface area contributed by atoms with Gasteiger partial charge in [-0.3, -0.25) is 14.3 Å². The van der Waals surface area contributed by atoms with Crippen molar-refractivity contribution in [1.29, 1.82) is 0 Å². The molecule has 0 saturated heterocycles. The molecule has 2 fully saturated rings. The summed E-state index contributed by atoms with van der Waals surface area (Å²) in [6, 6.07) is 8.73. The summed E-state index contributed by atoms with van der Waals surface area (Å²) in [5.74, 6) is -0.0264. The number of hydrogen-bond donors (Lipinski definition) is 2. The molecule has 30 heavy (non-hydrogen) atoms. The second-order valence-corrected chi connectivity index (χ2v) is 9.84. The summed E-state index contributed by atoms with van der Waals surface area (Å²) in [4.78, 5) is 25.2. The monoisotopic (exact) mass is 408 g/mol. The maximum atomic E-state index is 13.0. The predicted octanol–water partition coefficient (Wildman–Crippen LogP) is 3.91. The lowest BCUT2D eigenvalue weighted by atomic mass is 9.85. The van der Waals surface area contributed by atoms with Crippen LogP contribution in [0.25, 0.3) is 0 Å². The van der Waals surface area contributed by atoms with Gasteiger partial charge in [-0.1, -0.05) is 57.9 Å². The minimum absolute atomic E-state index is 0.000894. The maximum Gasteiger partial charge on any atom is 0.241 e. The molecular weight excluding hydrogens is 376 g/mol. The molecule has 6 heteroatoms. The van der Waals surface area contributed by atoms with Crippen molar-refractivity contribution in [2.24, 2.45) is 0 Å². The molecule has 0 radical (unpaired) electrons. The fourth-order valence-electron chi connectivity index (χ4n) is 4.32. The van der Waals surface area contributed by atoms with Crippen LogP contribution < -0.4 is 10.6 Å². The lowest BCUT2D eigenvalue weighted by molar-refractivity contribution is -0.122. The van der Waals surface area contributed by atoms with E-state index in [9.17, 15) is 9.59 Å². The smallest absolute Gasteiger partial charge is 0.241 e. The van der Waals surface area contributed by atoms with E-state index in [1.165, 1.54) is 18.4 Å². The fraction of sp³-hybridized carbons (Fsp3) is 0.542. The van der Waals surface area contributed by atoms with Gasteiger partial charge in [-0.2, -0.15) is 5.10 Å². The van der Waals surface area contributed by atoms with Gasteiger partial charge in [0.15, 0.2) is 0 Å². The summed E-state index contributed by atoms with van der Waals surface area (Å²) >= 11 is 0. The van der Waals surface area contributed by atoms with Gasteiger partial charge in [0.1, 0.15) is 6.54 Å². The van der Waals surface area contributed by atoms with E-state index in [4.69, 9.17) is 0 Å². The Morgan fingerprint density at radius 2 is 1.80 bits per heavy atom. The molecule has 2 aliphatic rings. The minimum Gasteiger partial charge on any atom is -0.352 e. The molecule has 2 saturated carbocycles. The van der Waals surface area contributed by atoms with Crippen LogP contribution in [0, 0.1) is 0 Å². The standard InChI is InChI=1S/C24H32N4O2/c1-23(2,3)17-8-10-18(11-9-17)24(12-13-24)22(30)27-20-14-25-28(15-20)16-21(29)26-19-6-4-5-7-19/h8-11,14-15,19H,4-7,12-13,16H2,1-3H3,(H,26,29)(H,27,30). The average Bonchev–Trinajstić information content (AvgIpc) is 3.15. The van der Waals surface area contributed by atoms with Crippen molar-refractivity contribution >= 4 is 17.5 Å². The zero-order valence-electron chi connectivity index (χ0n) is 18.2. The van der Waals surface area contributed by atoms with E-state index in [2.05, 4.69) is 60.8 Å². The quantitative estimate of drug-likeness (QED) is 0.761. The van der Waals surface area contributed by atoms with Crippen molar-refractivity contribution in [2.75, 3.05) is 5.32 Å². The summed E-state index contributed by atoms with van der Waals surface area (Å²) < 4.78 is 1.58. The number of amides is 2. The van der Waals surface area contributed by atoms with Crippen molar-refractivity contribution in [2.45, 2.75) is 82.7 Å². The Kier molecular flexibility index (Phi) is 5.43. The van der Waals surface area contributed by atoms with Gasteiger partial charge in [-0.25, -0.2) is 0 Å². The second-order valence-electron chi connectivity index (χ2n) is 9.84. The van der Waals surface area contributed by atoms with Crippen LogP contribution in [0.15, 0.2) is 36.7 Å². The second kappa shape index (κ2) is 7.89. The number of benzene rings is 1. The first-order chi connectivity index (χ1) is 14.3. The summed E-state index contributed by atoms with van der Waals surface area (Å²) in [6.45, 7) is 6.74. The van der Waals surface area contributed by atoms with Crippen LogP contribution in [0.5, 0.6) is 0 Å². The molecule has 1 heterocycles. The third kappa shape index (κ3) is 4.42. The normalized spacial score (nSPS) is 18.2. The zero-order valence-corrected chi connectivity index (χ0v) is 18.2. The highest BCUT2D eigenvalue weighted by Gasteiger charge is 2.51. The van der Waals surface area contributed by atoms with Crippen LogP contribution in [-0.4, -0.2) is 27.6 Å². The maximum absolute atomic E-state index is 13.0. The number of anilines is 1. The van der Waals surface area contributed by atoms with E-state index in [0.29, 0.717) is 11.7 Å². The molecule has 0 bridgehead atoms. The summed E-state index contributed by atoms with van der Waals surface area (Å²) in [5.41, 5.74) is 2.61. The van der Waals surface area contributed by atoms with Gasteiger partial charge in [-0.05, 0) is 42.2 Å². The molecule has 2 amide bonds. The molecule has 2 aromatic rings. The van der Waals surface area contributed by atoms with Gasteiger partial charge in [-0.15, -0.1) is 0 Å². The molecule has 6 nitrogen and oxygen atoms in total. The zero-order chi connectivity index (χ0) is 21.4. The number of nitrogens with zero attached hydrogens (tertiary/aromatic N) is 2. The van der Waals surface area contributed by atoms with E-state index < -0.39 is 5.41 Å². The van der Waals surface area contributed by atoms with Gasteiger partial charge < -0.3 is 10.6 Å². The molecule has 0 aliphatic heterocycles. The van der Waals surface area contributed by atoms with Gasteiger partial charge in [0, 0.05) is 12.2 Å². The summed E-state index contributed by atoms with van der Waals surface area (Å²) in [6.07, 6.45) is 9.53. The highest BCUT2D eigenvalue weighted by molar-refractivity contribution is 6.01. The van der Waals surface area contributed by atoms with Crippen molar-refractivity contribution in [1.82, 2.24) is 15.1 Å². The predicted molar refractivity (Wildman–Crippen MR) is 117 cm³/mol. The van der Waals surface area contributed by atoms with Crippen LogP contribution in [0.3, 0.4) is 0 Å². The molecule has 1 aromatic heterocycles. The van der Waals surface area contributed by atoms with E-state index >= 15 is 0 Å². The van der Waals surface area contributed by atoms with Crippen LogP contribution in [0.4, 0.5) is 5.69 Å². The van der Waals surface area contributed by atoms with Gasteiger partial charge >= 0.3 is 0 Å². The van der Waals surface area contributed by atoms with Crippen molar-refractivity contribution in [3.05, 3.63) is 47.8 Å². The lowest BCUT2D eigenvalue weighted by Crippen LogP contribution is -2.35. The number of aromatic nitrogens is 2. The van der Waals surface area contributed by atoms with Gasteiger partial charge in [0.2, 0.25) is 11.8 Å². The first-order valence-corrected chi connectivity index (χ1v) is 11.0. The molecule has 1 aromatic carbocycles. The molecule has 0 spiro atoms. The minimum atomic E-state index is -0.446. The van der Waals surface area contributed by atoms with Crippen LogP contribution in [0.2, 0.25) is 0 Å². The third-order valence-electron chi connectivity index (χ3n) is 6.41. The fourth-order valence-corrected chi connectivity index (χ4v) is 4.32. The van der Waals surface area contributed by atoms with Crippen LogP contribution in [0.1, 0.15) is 70.4 Å². The number of hydrogen-bond acceptors (Lipinski definition) is 3. The summed E-state index contributed by atoms with van der Waals surface area (Å²) in [5, 5.41) is 10.3. The number of carbonyl (C=O) groups is 2. The Labute approximate surface area is 178 Å². The lowest BCUT2D eigenvalue weighted by Gasteiger charge is -2.21. The largest absolute Gasteiger partial charge is 0.352 e. The number of carbonyl (C=O) groups excluding carboxylic acids is 2. The molecule has 2 N–H and O–H groups in total. The Bertz CT molecular complexity index is 913. The Morgan fingerprint density at radius 3 is 2.40 bits per heavy atom. The first-order valence-electron chi connectivity index (χ1n) is 11.0. The Hall–Kier alpha value is -2.63. The highest BCUT2D eigenvalue weighted by atomic mass is 16.2. The van der Waals surface area contributed by atoms with E-state index in [-0.39, 0.29) is 23.8 Å². The highest BCUT2D eigenvalue weighted by Crippen LogP contribution is 2.49. The topological polar surface area (TPSA) is 76.0 Å². The summed E-state index contributed by atoms with van der Waals surface area (Å²) in [7, 11) is 0. The average molecular weight is 409 g/mol. The van der Waals surface area contributed by atoms with Crippen molar-refractivity contribution in [3.8, 4) is 0 Å². The van der Waals surface area contributed by atoms with Crippen molar-refractivity contribution in [3.63, 3.8) is 0 Å². The van der Waals surface area contributed by atoms with Gasteiger partial charge in [0.25, 0.3) is 0 Å². The molecular formula is C24H32N4O2. The first kappa shape index (κ1) is 20.6. The third-order valence-corrected chi connectivity index (χ3v) is 6.41. The van der Waals surface area contributed by atoms with Gasteiger partial charge in [0.05, 0.1) is 17.3 Å². The van der Waals surface area contributed by atoms with E-state index in [0.717, 1.165) is 31.2 Å². The Balaban J connectivity index is 1.36. The van der Waals surface area contributed by atoms with Crippen LogP contribution in [-0.2, 0) is 27.0 Å². The van der Waals surface area contributed by atoms with E-state index in [1.807, 2.05) is 0 Å². The molecule has 4 rings (SSSR count).